The maximum Gasteiger partial charge on any atom is 0.325 e. The summed E-state index contributed by atoms with van der Waals surface area (Å²) in [4.78, 5) is 43.2. The highest BCUT2D eigenvalue weighted by Crippen LogP contribution is 2.42. The molecule has 2 fully saturated rings. The number of benzene rings is 1. The lowest BCUT2D eigenvalue weighted by Gasteiger charge is -2.32. The second-order valence-corrected chi connectivity index (χ2v) is 11.7. The Balaban J connectivity index is 1.43. The monoisotopic (exact) mass is 473 g/mol. The molecule has 168 valence electrons. The maximum atomic E-state index is 13.5. The summed E-state index contributed by atoms with van der Waals surface area (Å²) in [6, 6.07) is 9.56. The third kappa shape index (κ3) is 3.41. The zero-order valence-electron chi connectivity index (χ0n) is 17.3. The summed E-state index contributed by atoms with van der Waals surface area (Å²) < 4.78 is 24.2. The van der Waals surface area contributed by atoms with Crippen LogP contribution in [0.2, 0.25) is 0 Å². The van der Waals surface area contributed by atoms with Gasteiger partial charge < -0.3 is 10.2 Å². The predicted octanol–water partition coefficient (Wildman–Crippen LogP) is 2.05. The molecule has 0 bridgehead atoms. The molecule has 3 heterocycles. The van der Waals surface area contributed by atoms with Crippen molar-refractivity contribution in [2.24, 2.45) is 0 Å². The molecule has 10 heteroatoms. The van der Waals surface area contributed by atoms with Gasteiger partial charge in [0.05, 0.1) is 17.5 Å². The molecule has 1 aromatic heterocycles. The second-order valence-electron chi connectivity index (χ2n) is 8.49. The number of para-hydroxylation sites is 1. The molecule has 3 aliphatic rings. The van der Waals surface area contributed by atoms with Crippen molar-refractivity contribution in [1.82, 2.24) is 10.2 Å². The van der Waals surface area contributed by atoms with Gasteiger partial charge in [-0.2, -0.15) is 0 Å². The van der Waals surface area contributed by atoms with Crippen LogP contribution in [0.15, 0.2) is 41.8 Å². The molecule has 4 amide bonds. The number of thiophene rings is 1. The van der Waals surface area contributed by atoms with Crippen LogP contribution >= 0.6 is 11.3 Å². The number of aryl methyl sites for hydroxylation is 1. The van der Waals surface area contributed by atoms with Gasteiger partial charge in [0, 0.05) is 16.1 Å². The van der Waals surface area contributed by atoms with Crippen LogP contribution in [0.1, 0.15) is 29.7 Å². The van der Waals surface area contributed by atoms with E-state index >= 15 is 0 Å². The molecule has 8 nitrogen and oxygen atoms in total. The number of hydrogen-bond acceptors (Lipinski definition) is 6. The van der Waals surface area contributed by atoms with E-state index in [-0.39, 0.29) is 11.5 Å². The summed E-state index contributed by atoms with van der Waals surface area (Å²) in [5.74, 6) is -1.00. The van der Waals surface area contributed by atoms with E-state index in [1.165, 1.54) is 4.90 Å². The Bertz CT molecular complexity index is 1190. The summed E-state index contributed by atoms with van der Waals surface area (Å²) >= 11 is 1.57. The molecule has 1 aromatic carbocycles. The Labute approximate surface area is 190 Å². The van der Waals surface area contributed by atoms with Crippen LogP contribution in [0, 0.1) is 0 Å². The van der Waals surface area contributed by atoms with Crippen LogP contribution in [0.5, 0.6) is 0 Å². The van der Waals surface area contributed by atoms with Gasteiger partial charge in [-0.1, -0.05) is 18.2 Å². The number of carbonyl (C=O) groups excluding carboxylic acids is 3. The van der Waals surface area contributed by atoms with E-state index in [9.17, 15) is 22.8 Å². The largest absolute Gasteiger partial charge is 0.325 e. The van der Waals surface area contributed by atoms with Gasteiger partial charge in [-0.3, -0.25) is 14.5 Å². The quantitative estimate of drug-likeness (QED) is 0.685. The van der Waals surface area contributed by atoms with Crippen molar-refractivity contribution in [2.75, 3.05) is 23.0 Å². The van der Waals surface area contributed by atoms with E-state index in [1.54, 1.807) is 41.7 Å². The van der Waals surface area contributed by atoms with Crippen LogP contribution in [-0.2, 0) is 31.4 Å². The summed E-state index contributed by atoms with van der Waals surface area (Å²) in [5.41, 5.74) is 0.266. The molecule has 0 unspecified atom stereocenters. The fourth-order valence-corrected chi connectivity index (χ4v) is 7.72. The summed E-state index contributed by atoms with van der Waals surface area (Å²) in [5, 5.41) is 4.77. The molecule has 1 aliphatic carbocycles. The second kappa shape index (κ2) is 7.70. The van der Waals surface area contributed by atoms with Gasteiger partial charge in [0.15, 0.2) is 9.84 Å². The molecule has 1 spiro atoms. The smallest absolute Gasteiger partial charge is 0.319 e. The van der Waals surface area contributed by atoms with Crippen molar-refractivity contribution >= 4 is 44.7 Å². The SMILES string of the molecule is O=C1N[C@]2(CCCc3sccc32)C(=O)N1CC(=O)N(c1ccccc1)[C@@H]1CCS(=O)(=O)C1. The van der Waals surface area contributed by atoms with E-state index in [2.05, 4.69) is 5.32 Å². The number of imide groups is 1. The van der Waals surface area contributed by atoms with Gasteiger partial charge in [0.1, 0.15) is 12.1 Å². The number of amides is 4. The van der Waals surface area contributed by atoms with Gasteiger partial charge >= 0.3 is 6.03 Å². The minimum Gasteiger partial charge on any atom is -0.319 e. The standard InChI is InChI=1S/C22H23N3O5S2/c26-19(25(15-5-2-1-3-6-15)16-9-12-32(29,30)14-16)13-24-20(27)22(23-21(24)28)10-4-7-18-17(22)8-11-31-18/h1-3,5-6,8,11,16H,4,7,9-10,12-14H2,(H,23,28)/t16-,22+/m1/s1. The fraction of sp³-hybridized carbons (Fsp3) is 0.409. The van der Waals surface area contributed by atoms with Crippen molar-refractivity contribution in [3.63, 3.8) is 0 Å². The molecule has 2 aliphatic heterocycles. The average molecular weight is 474 g/mol. The summed E-state index contributed by atoms with van der Waals surface area (Å²) in [6.07, 6.45) is 2.47. The van der Waals surface area contributed by atoms with Crippen LogP contribution in [0.4, 0.5) is 10.5 Å². The van der Waals surface area contributed by atoms with Crippen LogP contribution in [-0.4, -0.2) is 55.3 Å². The number of sulfone groups is 1. The first-order chi connectivity index (χ1) is 15.3. The van der Waals surface area contributed by atoms with Crippen molar-refractivity contribution < 1.29 is 22.8 Å². The summed E-state index contributed by atoms with van der Waals surface area (Å²) in [6.45, 7) is -0.433. The van der Waals surface area contributed by atoms with Crippen LogP contribution in [0.25, 0.3) is 0 Å². The van der Waals surface area contributed by atoms with Crippen molar-refractivity contribution in [2.45, 2.75) is 37.3 Å². The molecule has 2 atom stereocenters. The first-order valence-corrected chi connectivity index (χ1v) is 13.3. The van der Waals surface area contributed by atoms with Crippen LogP contribution in [0.3, 0.4) is 0 Å². The molecule has 5 rings (SSSR count). The molecule has 2 aromatic rings. The average Bonchev–Trinajstić information content (AvgIpc) is 3.44. The highest BCUT2D eigenvalue weighted by atomic mass is 32.2. The lowest BCUT2D eigenvalue weighted by atomic mass is 9.80. The highest BCUT2D eigenvalue weighted by molar-refractivity contribution is 7.91. The molecular formula is C22H23N3O5S2. The van der Waals surface area contributed by atoms with Gasteiger partial charge in [0.2, 0.25) is 5.91 Å². The van der Waals surface area contributed by atoms with E-state index in [0.717, 1.165) is 28.2 Å². The molecule has 32 heavy (non-hydrogen) atoms. The van der Waals surface area contributed by atoms with E-state index in [4.69, 9.17) is 0 Å². The minimum absolute atomic E-state index is 0.0153. The molecule has 2 saturated heterocycles. The number of nitrogens with zero attached hydrogens (tertiary/aromatic N) is 2. The molecule has 0 saturated carbocycles. The topological polar surface area (TPSA) is 104 Å². The third-order valence-corrected chi connectivity index (χ3v) is 9.24. The van der Waals surface area contributed by atoms with Gasteiger partial charge in [0.25, 0.3) is 5.91 Å². The number of urea groups is 1. The van der Waals surface area contributed by atoms with E-state index in [1.807, 2.05) is 11.4 Å². The Morgan fingerprint density at radius 3 is 2.72 bits per heavy atom. The lowest BCUT2D eigenvalue weighted by molar-refractivity contribution is -0.135. The first kappa shape index (κ1) is 21.1. The highest BCUT2D eigenvalue weighted by Gasteiger charge is 2.55. The van der Waals surface area contributed by atoms with Crippen molar-refractivity contribution in [1.29, 1.82) is 0 Å². The minimum atomic E-state index is -3.23. The normalized spacial score (nSPS) is 26.2. The first-order valence-electron chi connectivity index (χ1n) is 10.6. The third-order valence-electron chi connectivity index (χ3n) is 6.51. The van der Waals surface area contributed by atoms with Crippen molar-refractivity contribution in [3.8, 4) is 0 Å². The number of hydrogen-bond donors (Lipinski definition) is 1. The number of rotatable bonds is 4. The number of anilines is 1. The zero-order chi connectivity index (χ0) is 22.5. The Hall–Kier alpha value is -2.72. The summed E-state index contributed by atoms with van der Waals surface area (Å²) in [7, 11) is -3.23. The van der Waals surface area contributed by atoms with Crippen LogP contribution < -0.4 is 10.2 Å². The van der Waals surface area contributed by atoms with Gasteiger partial charge in [-0.15, -0.1) is 11.3 Å². The van der Waals surface area contributed by atoms with Gasteiger partial charge in [-0.25, -0.2) is 13.2 Å². The lowest BCUT2D eigenvalue weighted by Crippen LogP contribution is -2.49. The number of carbonyl (C=O) groups is 3. The Kier molecular flexibility index (Phi) is 5.09. The van der Waals surface area contributed by atoms with E-state index < -0.39 is 45.8 Å². The Morgan fingerprint density at radius 1 is 1.22 bits per heavy atom. The molecule has 0 radical (unpaired) electrons. The molecular weight excluding hydrogens is 450 g/mol. The van der Waals surface area contributed by atoms with Gasteiger partial charge in [-0.05, 0) is 49.3 Å². The number of nitrogens with one attached hydrogen (secondary N) is 1. The maximum absolute atomic E-state index is 13.5. The molecule has 1 N–H and O–H groups in total. The zero-order valence-corrected chi connectivity index (χ0v) is 19.0. The Morgan fingerprint density at radius 2 is 2.00 bits per heavy atom. The predicted molar refractivity (Wildman–Crippen MR) is 120 cm³/mol. The van der Waals surface area contributed by atoms with Crippen molar-refractivity contribution in [3.05, 3.63) is 52.2 Å². The van der Waals surface area contributed by atoms with E-state index in [0.29, 0.717) is 18.5 Å². The number of fused-ring (bicyclic) bond motifs is 2. The fourth-order valence-electron chi connectivity index (χ4n) is 5.02.